The van der Waals surface area contributed by atoms with Crippen molar-refractivity contribution in [2.24, 2.45) is 0 Å². The van der Waals surface area contributed by atoms with Gasteiger partial charge in [0.1, 0.15) is 0 Å². The van der Waals surface area contributed by atoms with Gasteiger partial charge in [-0.15, -0.1) is 42.0 Å². The minimum atomic E-state index is 0. The Balaban J connectivity index is 0.000000187. The summed E-state index contributed by atoms with van der Waals surface area (Å²) in [6, 6.07) is 38.4. The molecule has 1 aliphatic rings. The van der Waals surface area contributed by atoms with Gasteiger partial charge >= 0.3 is 6.01 Å². The summed E-state index contributed by atoms with van der Waals surface area (Å²) in [6.07, 6.45) is 3.62. The van der Waals surface area contributed by atoms with Crippen molar-refractivity contribution in [3.05, 3.63) is 115 Å². The van der Waals surface area contributed by atoms with Crippen LogP contribution in [-0.4, -0.2) is 26.6 Å². The van der Waals surface area contributed by atoms with Gasteiger partial charge in [0.05, 0.1) is 5.58 Å². The number of pyridine rings is 2. The third-order valence-electron chi connectivity index (χ3n) is 6.42. The van der Waals surface area contributed by atoms with Crippen LogP contribution in [0.5, 0.6) is 0 Å². The standard InChI is InChI=1S/C21H16N3O.C12H10N.Ir/c1-14(2)23-13-24(18-10-4-3-9-17(18)23)19-11-5-7-15-16-8-6-12-22-21(16)25-20(15)19;1-10-7-8-12(13-9-10)11-5-3-2-4-6-11;/h3-10,12,14H,1-2H3;2-5,7-9H,1H3;/q+1;-1;. The maximum absolute atomic E-state index is 6.06. The van der Waals surface area contributed by atoms with Crippen LogP contribution in [0.25, 0.3) is 33.3 Å². The van der Waals surface area contributed by atoms with E-state index in [9.17, 15) is 0 Å². The fourth-order valence-electron chi connectivity index (χ4n) is 4.54. The zero-order valence-electron chi connectivity index (χ0n) is 21.8. The Morgan fingerprint density at radius 1 is 0.821 bits per heavy atom. The number of furan rings is 1. The molecule has 0 N–H and O–H groups in total. The first-order valence-corrected chi connectivity index (χ1v) is 12.6. The summed E-state index contributed by atoms with van der Waals surface area (Å²) in [5.74, 6) is 0. The molecule has 1 radical (unpaired) electrons. The van der Waals surface area contributed by atoms with Crippen LogP contribution in [-0.2, 0) is 20.1 Å². The van der Waals surface area contributed by atoms with E-state index in [1.54, 1.807) is 6.20 Å². The summed E-state index contributed by atoms with van der Waals surface area (Å²) in [5, 5.41) is 2.06. The number of aromatic nitrogens is 2. The van der Waals surface area contributed by atoms with Gasteiger partial charge in [-0.1, -0.05) is 38.8 Å². The van der Waals surface area contributed by atoms with Crippen LogP contribution in [0.4, 0.5) is 17.1 Å². The summed E-state index contributed by atoms with van der Waals surface area (Å²) in [7, 11) is 0. The first kappa shape index (κ1) is 26.4. The van der Waals surface area contributed by atoms with Gasteiger partial charge in [0.15, 0.2) is 11.7 Å². The van der Waals surface area contributed by atoms with Gasteiger partial charge in [-0.05, 0) is 44.2 Å². The molecule has 0 bridgehead atoms. The van der Waals surface area contributed by atoms with Gasteiger partial charge in [0.25, 0.3) is 11.4 Å². The van der Waals surface area contributed by atoms with Crippen molar-refractivity contribution in [3.8, 4) is 11.3 Å². The molecular formula is C33H26IrN4O. The van der Waals surface area contributed by atoms with Crippen LogP contribution in [0.15, 0.2) is 102 Å². The molecule has 6 aromatic rings. The van der Waals surface area contributed by atoms with Gasteiger partial charge in [0, 0.05) is 50.0 Å². The summed E-state index contributed by atoms with van der Waals surface area (Å²) in [5.41, 5.74) is 7.70. The average molecular weight is 687 g/mol. The molecule has 4 heterocycles. The SMILES string of the molecule is CC(C)[N+]1=C=[N+](c2[c-]ccc3c2oc2ncccc23)c2ccccc21.Cc1ccc(-c2[c-]cccc2)nc1.[Ir]. The van der Waals surface area contributed by atoms with E-state index in [0.717, 1.165) is 44.7 Å². The van der Waals surface area contributed by atoms with Crippen molar-refractivity contribution >= 4 is 45.1 Å². The van der Waals surface area contributed by atoms with E-state index >= 15 is 0 Å². The molecule has 7 rings (SSSR count). The Labute approximate surface area is 241 Å². The second-order valence-electron chi connectivity index (χ2n) is 9.41. The molecule has 0 atom stereocenters. The molecule has 1 aliphatic heterocycles. The first-order valence-electron chi connectivity index (χ1n) is 12.6. The number of hydrogen-bond donors (Lipinski definition) is 0. The van der Waals surface area contributed by atoms with E-state index < -0.39 is 0 Å². The zero-order chi connectivity index (χ0) is 26.1. The Bertz CT molecular complexity index is 1830. The number of fused-ring (bicyclic) bond motifs is 4. The first-order chi connectivity index (χ1) is 18.6. The van der Waals surface area contributed by atoms with Crippen LogP contribution in [0.2, 0.25) is 0 Å². The molecule has 0 aliphatic carbocycles. The van der Waals surface area contributed by atoms with Crippen LogP contribution < -0.4 is 4.58 Å². The molecule has 6 heteroatoms. The number of aryl methyl sites for hydroxylation is 1. The van der Waals surface area contributed by atoms with Crippen molar-refractivity contribution in [1.82, 2.24) is 14.5 Å². The number of rotatable bonds is 3. The van der Waals surface area contributed by atoms with Gasteiger partial charge in [0.2, 0.25) is 5.71 Å². The third-order valence-corrected chi connectivity index (χ3v) is 6.42. The fourth-order valence-corrected chi connectivity index (χ4v) is 4.54. The molecule has 3 aromatic heterocycles. The van der Waals surface area contributed by atoms with Crippen LogP contribution in [0.1, 0.15) is 19.4 Å². The molecule has 0 amide bonds. The predicted octanol–water partition coefficient (Wildman–Crippen LogP) is 7.71. The summed E-state index contributed by atoms with van der Waals surface area (Å²) in [4.78, 5) is 8.66. The van der Waals surface area contributed by atoms with Crippen molar-refractivity contribution in [3.63, 3.8) is 0 Å². The fraction of sp³-hybridized carbons (Fsp3) is 0.121. The van der Waals surface area contributed by atoms with Crippen molar-refractivity contribution in [2.75, 3.05) is 0 Å². The Morgan fingerprint density at radius 3 is 2.38 bits per heavy atom. The zero-order valence-corrected chi connectivity index (χ0v) is 24.2. The van der Waals surface area contributed by atoms with Gasteiger partial charge in [-0.2, -0.15) is 12.1 Å². The molecule has 3 aromatic carbocycles. The molecular weight excluding hydrogens is 661 g/mol. The van der Waals surface area contributed by atoms with Crippen molar-refractivity contribution in [2.45, 2.75) is 26.8 Å². The molecule has 0 saturated heterocycles. The van der Waals surface area contributed by atoms with E-state index in [4.69, 9.17) is 4.42 Å². The monoisotopic (exact) mass is 687 g/mol. The summed E-state index contributed by atoms with van der Waals surface area (Å²) < 4.78 is 10.2. The van der Waals surface area contributed by atoms with Crippen LogP contribution in [0, 0.1) is 19.1 Å². The molecule has 39 heavy (non-hydrogen) atoms. The predicted molar refractivity (Wildman–Crippen MR) is 152 cm³/mol. The van der Waals surface area contributed by atoms with Crippen LogP contribution >= 0.6 is 0 Å². The summed E-state index contributed by atoms with van der Waals surface area (Å²) in [6.45, 7) is 6.34. The smallest absolute Gasteiger partial charge is 0.494 e. The minimum absolute atomic E-state index is 0. The average Bonchev–Trinajstić information content (AvgIpc) is 3.54. The normalized spacial score (nSPS) is 11.9. The Kier molecular flexibility index (Phi) is 7.62. The van der Waals surface area contributed by atoms with E-state index in [1.165, 1.54) is 5.56 Å². The van der Waals surface area contributed by atoms with E-state index in [0.29, 0.717) is 11.8 Å². The Morgan fingerprint density at radius 2 is 1.64 bits per heavy atom. The number of benzene rings is 3. The molecule has 0 saturated carbocycles. The second kappa shape index (κ2) is 11.3. The number of hydrogen-bond acceptors (Lipinski definition) is 3. The van der Waals surface area contributed by atoms with E-state index in [2.05, 4.69) is 70.8 Å². The second-order valence-corrected chi connectivity index (χ2v) is 9.41. The molecule has 193 valence electrons. The minimum Gasteiger partial charge on any atom is -0.495 e. The topological polar surface area (TPSA) is 44.9 Å². The molecule has 0 unspecified atom stereocenters. The Hall–Kier alpha value is -4.21. The largest absolute Gasteiger partial charge is 0.495 e. The molecule has 0 spiro atoms. The van der Waals surface area contributed by atoms with E-state index in [1.807, 2.05) is 78.4 Å². The van der Waals surface area contributed by atoms with Gasteiger partial charge < -0.3 is 9.40 Å². The van der Waals surface area contributed by atoms with Gasteiger partial charge in [-0.3, -0.25) is 0 Å². The molecule has 0 fully saturated rings. The van der Waals surface area contributed by atoms with Crippen LogP contribution in [0.3, 0.4) is 0 Å². The van der Waals surface area contributed by atoms with E-state index in [-0.39, 0.29) is 20.1 Å². The summed E-state index contributed by atoms with van der Waals surface area (Å²) >= 11 is 0. The maximum atomic E-state index is 6.06. The van der Waals surface area contributed by atoms with Gasteiger partial charge in [-0.25, -0.2) is 4.98 Å². The van der Waals surface area contributed by atoms with Crippen molar-refractivity contribution in [1.29, 1.82) is 0 Å². The van der Waals surface area contributed by atoms with Crippen molar-refractivity contribution < 1.29 is 29.1 Å². The molecule has 5 nitrogen and oxygen atoms in total. The maximum Gasteiger partial charge on any atom is 0.494 e. The quantitative estimate of drug-likeness (QED) is 0.142. The third kappa shape index (κ3) is 5.10. The number of para-hydroxylation sites is 2. The number of nitrogens with zero attached hydrogens (tertiary/aromatic N) is 4.